The van der Waals surface area contributed by atoms with Crippen LogP contribution in [0.4, 0.5) is 0 Å². The second kappa shape index (κ2) is 7.19. The molecule has 1 aromatic carbocycles. The Kier molecular flexibility index (Phi) is 4.74. The number of aromatic nitrogens is 1. The molecular weight excluding hydrogens is 340 g/mol. The van der Waals surface area contributed by atoms with Gasteiger partial charge in [0, 0.05) is 46.0 Å². The largest absolute Gasteiger partial charge is 0.341 e. The third-order valence-electron chi connectivity index (χ3n) is 5.70. The number of carbonyl (C=O) groups excluding carboxylic acids is 2. The van der Waals surface area contributed by atoms with E-state index in [0.717, 1.165) is 19.6 Å². The van der Waals surface area contributed by atoms with Crippen LogP contribution in [0.3, 0.4) is 0 Å². The summed E-state index contributed by atoms with van der Waals surface area (Å²) < 4.78 is 1.89. The van der Waals surface area contributed by atoms with Crippen LogP contribution in [0.5, 0.6) is 0 Å². The van der Waals surface area contributed by atoms with Crippen molar-refractivity contribution in [3.8, 4) is 0 Å². The summed E-state index contributed by atoms with van der Waals surface area (Å²) >= 11 is 0. The number of aryl methyl sites for hydroxylation is 1. The minimum absolute atomic E-state index is 0.0557. The van der Waals surface area contributed by atoms with Crippen molar-refractivity contribution < 1.29 is 9.59 Å². The molecule has 1 unspecified atom stereocenters. The average molecular weight is 366 g/mol. The van der Waals surface area contributed by atoms with Crippen LogP contribution in [0.25, 0.3) is 0 Å². The van der Waals surface area contributed by atoms with Gasteiger partial charge < -0.3 is 14.4 Å². The summed E-state index contributed by atoms with van der Waals surface area (Å²) in [6.07, 6.45) is 1.88. The van der Waals surface area contributed by atoms with Crippen LogP contribution in [0.15, 0.2) is 42.6 Å². The van der Waals surface area contributed by atoms with Gasteiger partial charge in [-0.15, -0.1) is 0 Å². The first-order valence-corrected chi connectivity index (χ1v) is 9.52. The first kappa shape index (κ1) is 17.8. The van der Waals surface area contributed by atoms with Crippen LogP contribution in [-0.2, 0) is 17.9 Å². The third kappa shape index (κ3) is 3.49. The normalized spacial score (nSPS) is 20.7. The molecule has 1 aromatic heterocycles. The van der Waals surface area contributed by atoms with E-state index >= 15 is 0 Å². The highest BCUT2D eigenvalue weighted by atomic mass is 16.2. The van der Waals surface area contributed by atoms with Crippen LogP contribution in [0, 0.1) is 6.92 Å². The van der Waals surface area contributed by atoms with Gasteiger partial charge in [0.2, 0.25) is 5.91 Å². The summed E-state index contributed by atoms with van der Waals surface area (Å²) in [5.74, 6) is -0.0252. The van der Waals surface area contributed by atoms with Crippen molar-refractivity contribution in [2.75, 3.05) is 33.2 Å². The predicted octanol–water partition coefficient (Wildman–Crippen LogP) is 1.60. The van der Waals surface area contributed by atoms with Crippen molar-refractivity contribution in [1.29, 1.82) is 0 Å². The Morgan fingerprint density at radius 1 is 1.07 bits per heavy atom. The minimum Gasteiger partial charge on any atom is -0.341 e. The zero-order valence-corrected chi connectivity index (χ0v) is 16.0. The van der Waals surface area contributed by atoms with E-state index in [1.54, 1.807) is 11.9 Å². The van der Waals surface area contributed by atoms with E-state index in [-0.39, 0.29) is 11.8 Å². The number of piperazine rings is 1. The molecule has 27 heavy (non-hydrogen) atoms. The molecule has 0 spiro atoms. The Hall–Kier alpha value is -2.60. The van der Waals surface area contributed by atoms with Crippen LogP contribution < -0.4 is 0 Å². The predicted molar refractivity (Wildman–Crippen MR) is 103 cm³/mol. The van der Waals surface area contributed by atoms with Crippen LogP contribution in [0.2, 0.25) is 0 Å². The first-order chi connectivity index (χ1) is 13.0. The number of benzene rings is 1. The first-order valence-electron chi connectivity index (χ1n) is 9.52. The Morgan fingerprint density at radius 3 is 2.48 bits per heavy atom. The van der Waals surface area contributed by atoms with Crippen molar-refractivity contribution >= 4 is 11.8 Å². The fourth-order valence-electron chi connectivity index (χ4n) is 3.93. The molecule has 0 aliphatic carbocycles. The lowest BCUT2D eigenvalue weighted by atomic mass is 10.1. The van der Waals surface area contributed by atoms with Gasteiger partial charge in [-0.25, -0.2) is 0 Å². The Bertz CT molecular complexity index is 834. The second-order valence-corrected chi connectivity index (χ2v) is 7.56. The highest BCUT2D eigenvalue weighted by Gasteiger charge is 2.37. The van der Waals surface area contributed by atoms with Gasteiger partial charge in [-0.2, -0.15) is 0 Å². The van der Waals surface area contributed by atoms with E-state index < -0.39 is 6.04 Å². The maximum absolute atomic E-state index is 13.0. The lowest BCUT2D eigenvalue weighted by molar-refractivity contribution is -0.138. The molecule has 1 saturated heterocycles. The number of rotatable bonds is 3. The van der Waals surface area contributed by atoms with Crippen molar-refractivity contribution in [3.05, 3.63) is 59.4 Å². The summed E-state index contributed by atoms with van der Waals surface area (Å²) in [7, 11) is 1.73. The molecule has 0 bridgehead atoms. The summed E-state index contributed by atoms with van der Waals surface area (Å²) in [4.78, 5) is 31.4. The Labute approximate surface area is 160 Å². The highest BCUT2D eigenvalue weighted by molar-refractivity contribution is 5.97. The molecule has 0 N–H and O–H groups in total. The standard InChI is InChI=1S/C21H26N4O2/c1-16-5-7-17(8-6-16)14-23-10-12-24(13-11-23)21(27)19-15-25-9-3-4-18(25)20(26)22(19)2/h3-9,19H,10-15H2,1-2H3. The lowest BCUT2D eigenvalue weighted by Crippen LogP contribution is -2.57. The van der Waals surface area contributed by atoms with Crippen LogP contribution in [0.1, 0.15) is 21.6 Å². The summed E-state index contributed by atoms with van der Waals surface area (Å²) in [6, 6.07) is 11.9. The van der Waals surface area contributed by atoms with Crippen molar-refractivity contribution in [1.82, 2.24) is 19.3 Å². The average Bonchev–Trinajstić information content (AvgIpc) is 3.15. The van der Waals surface area contributed by atoms with E-state index in [0.29, 0.717) is 25.3 Å². The monoisotopic (exact) mass is 366 g/mol. The van der Waals surface area contributed by atoms with Gasteiger partial charge >= 0.3 is 0 Å². The number of fused-ring (bicyclic) bond motifs is 1. The molecule has 2 amide bonds. The van der Waals surface area contributed by atoms with E-state index in [1.807, 2.05) is 27.8 Å². The molecule has 142 valence electrons. The number of carbonyl (C=O) groups is 2. The van der Waals surface area contributed by atoms with Gasteiger partial charge in [0.25, 0.3) is 5.91 Å². The Morgan fingerprint density at radius 2 is 1.78 bits per heavy atom. The molecule has 2 aliphatic heterocycles. The number of amides is 2. The minimum atomic E-state index is -0.416. The molecular formula is C21H26N4O2. The number of hydrogen-bond acceptors (Lipinski definition) is 3. The molecule has 6 heteroatoms. The number of hydrogen-bond donors (Lipinski definition) is 0. The second-order valence-electron chi connectivity index (χ2n) is 7.56. The molecule has 4 rings (SSSR count). The molecule has 1 atom stereocenters. The van der Waals surface area contributed by atoms with E-state index in [1.165, 1.54) is 11.1 Å². The highest BCUT2D eigenvalue weighted by Crippen LogP contribution is 2.19. The molecule has 6 nitrogen and oxygen atoms in total. The summed E-state index contributed by atoms with van der Waals surface area (Å²) in [5, 5.41) is 0. The number of likely N-dealkylation sites (N-methyl/N-ethyl adjacent to an activating group) is 1. The molecule has 0 saturated carbocycles. The van der Waals surface area contributed by atoms with Crippen molar-refractivity contribution in [2.45, 2.75) is 26.1 Å². The van der Waals surface area contributed by atoms with E-state index in [4.69, 9.17) is 0 Å². The topological polar surface area (TPSA) is 48.8 Å². The van der Waals surface area contributed by atoms with Crippen molar-refractivity contribution in [2.24, 2.45) is 0 Å². The summed E-state index contributed by atoms with van der Waals surface area (Å²) in [6.45, 7) is 6.68. The van der Waals surface area contributed by atoms with E-state index in [9.17, 15) is 9.59 Å². The fourth-order valence-corrected chi connectivity index (χ4v) is 3.93. The molecule has 1 fully saturated rings. The van der Waals surface area contributed by atoms with Gasteiger partial charge in [0.1, 0.15) is 11.7 Å². The van der Waals surface area contributed by atoms with E-state index in [2.05, 4.69) is 36.1 Å². The zero-order chi connectivity index (χ0) is 19.0. The third-order valence-corrected chi connectivity index (χ3v) is 5.70. The van der Waals surface area contributed by atoms with Gasteiger partial charge in [0.15, 0.2) is 0 Å². The fraction of sp³-hybridized carbons (Fsp3) is 0.429. The molecule has 2 aromatic rings. The molecule has 2 aliphatic rings. The summed E-state index contributed by atoms with van der Waals surface area (Å²) in [5.41, 5.74) is 3.23. The SMILES string of the molecule is Cc1ccc(CN2CCN(C(=O)C3Cn4cccc4C(=O)N3C)CC2)cc1. The molecule has 0 radical (unpaired) electrons. The maximum atomic E-state index is 13.0. The van der Waals surface area contributed by atoms with Gasteiger partial charge in [0.05, 0.1) is 6.54 Å². The smallest absolute Gasteiger partial charge is 0.270 e. The lowest BCUT2D eigenvalue weighted by Gasteiger charge is -2.40. The maximum Gasteiger partial charge on any atom is 0.270 e. The van der Waals surface area contributed by atoms with Crippen molar-refractivity contribution in [3.63, 3.8) is 0 Å². The zero-order valence-electron chi connectivity index (χ0n) is 16.0. The van der Waals surface area contributed by atoms with Gasteiger partial charge in [-0.05, 0) is 24.6 Å². The number of nitrogens with zero attached hydrogens (tertiary/aromatic N) is 4. The van der Waals surface area contributed by atoms with Gasteiger partial charge in [-0.3, -0.25) is 14.5 Å². The molecule has 3 heterocycles. The van der Waals surface area contributed by atoms with Crippen LogP contribution >= 0.6 is 0 Å². The quantitative estimate of drug-likeness (QED) is 0.829. The van der Waals surface area contributed by atoms with Crippen LogP contribution in [-0.4, -0.2) is 70.3 Å². The van der Waals surface area contributed by atoms with Gasteiger partial charge in [-0.1, -0.05) is 29.8 Å². The Balaban J connectivity index is 1.36.